The minimum Gasteiger partial charge on any atom is -0.497 e. The molecule has 0 spiro atoms. The predicted molar refractivity (Wildman–Crippen MR) is 84.0 cm³/mol. The second kappa shape index (κ2) is 5.85. The topological polar surface area (TPSA) is 38.5 Å². The Balaban J connectivity index is 1.76. The zero-order valence-electron chi connectivity index (χ0n) is 11.7. The Morgan fingerprint density at radius 1 is 1.30 bits per heavy atom. The lowest BCUT2D eigenvalue weighted by atomic mass is 10.1. The smallest absolute Gasteiger partial charge is 0.119 e. The maximum atomic E-state index is 6.11. The monoisotopic (exact) mass is 288 g/mol. The van der Waals surface area contributed by atoms with Crippen molar-refractivity contribution in [1.29, 1.82) is 0 Å². The molecule has 0 amide bonds. The molecule has 0 saturated heterocycles. The number of nitrogens with two attached hydrogens (primary N) is 1. The number of thiophene rings is 1. The van der Waals surface area contributed by atoms with Gasteiger partial charge in [-0.3, -0.25) is 4.90 Å². The largest absolute Gasteiger partial charge is 0.497 e. The molecule has 0 radical (unpaired) electrons. The molecule has 0 atom stereocenters. The van der Waals surface area contributed by atoms with Gasteiger partial charge in [-0.2, -0.15) is 11.3 Å². The Bertz CT molecular complexity index is 564. The summed E-state index contributed by atoms with van der Waals surface area (Å²) in [7, 11) is 1.69. The number of ether oxygens (including phenoxy) is 1. The highest BCUT2D eigenvalue weighted by molar-refractivity contribution is 7.07. The number of benzene rings is 1. The van der Waals surface area contributed by atoms with Gasteiger partial charge in [-0.05, 0) is 59.0 Å². The third-order valence-corrected chi connectivity index (χ3v) is 4.48. The van der Waals surface area contributed by atoms with Gasteiger partial charge in [0, 0.05) is 24.8 Å². The molecular formula is C16H20N2OS. The van der Waals surface area contributed by atoms with Crippen LogP contribution in [0.2, 0.25) is 0 Å². The van der Waals surface area contributed by atoms with Crippen molar-refractivity contribution in [2.45, 2.75) is 32.0 Å². The molecule has 106 valence electrons. The average molecular weight is 288 g/mol. The molecule has 1 aliphatic rings. The van der Waals surface area contributed by atoms with Crippen LogP contribution in [-0.2, 0) is 13.1 Å². The number of hydrogen-bond acceptors (Lipinski definition) is 4. The predicted octanol–water partition coefficient (Wildman–Crippen LogP) is 3.50. The van der Waals surface area contributed by atoms with Crippen LogP contribution in [-0.4, -0.2) is 18.1 Å². The maximum absolute atomic E-state index is 6.11. The Labute approximate surface area is 124 Å². The van der Waals surface area contributed by atoms with Gasteiger partial charge in [0.25, 0.3) is 0 Å². The van der Waals surface area contributed by atoms with Crippen LogP contribution in [0.1, 0.15) is 24.0 Å². The number of hydrogen-bond donors (Lipinski definition) is 1. The number of nitrogens with zero attached hydrogens (tertiary/aromatic N) is 1. The summed E-state index contributed by atoms with van der Waals surface area (Å²) in [6.07, 6.45) is 2.60. The van der Waals surface area contributed by atoms with E-state index in [4.69, 9.17) is 10.5 Å². The van der Waals surface area contributed by atoms with Crippen molar-refractivity contribution in [2.75, 3.05) is 12.8 Å². The summed E-state index contributed by atoms with van der Waals surface area (Å²) >= 11 is 1.76. The van der Waals surface area contributed by atoms with Crippen molar-refractivity contribution >= 4 is 17.0 Å². The molecule has 2 N–H and O–H groups in total. The summed E-state index contributed by atoms with van der Waals surface area (Å²) < 4.78 is 5.30. The first-order chi connectivity index (χ1) is 9.76. The Hall–Kier alpha value is -1.52. The Morgan fingerprint density at radius 2 is 2.15 bits per heavy atom. The summed E-state index contributed by atoms with van der Waals surface area (Å²) in [5, 5.41) is 4.37. The van der Waals surface area contributed by atoms with Crippen LogP contribution in [0.4, 0.5) is 5.69 Å². The zero-order valence-corrected chi connectivity index (χ0v) is 12.5. The highest BCUT2D eigenvalue weighted by Crippen LogP contribution is 2.32. The van der Waals surface area contributed by atoms with E-state index in [1.807, 2.05) is 12.1 Å². The first-order valence-corrected chi connectivity index (χ1v) is 7.88. The third-order valence-electron chi connectivity index (χ3n) is 3.75. The molecule has 3 rings (SSSR count). The highest BCUT2D eigenvalue weighted by Gasteiger charge is 2.29. The highest BCUT2D eigenvalue weighted by atomic mass is 32.1. The van der Waals surface area contributed by atoms with Gasteiger partial charge in [0.2, 0.25) is 0 Å². The van der Waals surface area contributed by atoms with Crippen LogP contribution in [0.5, 0.6) is 5.75 Å². The molecule has 20 heavy (non-hydrogen) atoms. The lowest BCUT2D eigenvalue weighted by Crippen LogP contribution is -2.25. The van der Waals surface area contributed by atoms with Crippen molar-refractivity contribution in [2.24, 2.45) is 0 Å². The Morgan fingerprint density at radius 3 is 2.80 bits per heavy atom. The third kappa shape index (κ3) is 3.14. The van der Waals surface area contributed by atoms with Gasteiger partial charge in [0.15, 0.2) is 0 Å². The lowest BCUT2D eigenvalue weighted by molar-refractivity contribution is 0.246. The molecule has 1 aromatic heterocycles. The summed E-state index contributed by atoms with van der Waals surface area (Å²) in [5.74, 6) is 0.875. The molecule has 1 heterocycles. The van der Waals surface area contributed by atoms with E-state index >= 15 is 0 Å². The molecule has 1 aromatic carbocycles. The van der Waals surface area contributed by atoms with Crippen LogP contribution in [0.15, 0.2) is 35.0 Å². The fourth-order valence-corrected chi connectivity index (χ4v) is 3.10. The van der Waals surface area contributed by atoms with E-state index in [1.54, 1.807) is 18.4 Å². The van der Waals surface area contributed by atoms with Crippen molar-refractivity contribution in [3.63, 3.8) is 0 Å². The van der Waals surface area contributed by atoms with Crippen molar-refractivity contribution < 1.29 is 4.74 Å². The van der Waals surface area contributed by atoms with Gasteiger partial charge in [0.05, 0.1) is 7.11 Å². The fraction of sp³-hybridized carbons (Fsp3) is 0.375. The van der Waals surface area contributed by atoms with Crippen molar-refractivity contribution in [3.8, 4) is 5.75 Å². The minimum absolute atomic E-state index is 0.709. The molecule has 1 fully saturated rings. The molecule has 4 heteroatoms. The molecule has 0 aliphatic heterocycles. The van der Waals surface area contributed by atoms with E-state index < -0.39 is 0 Å². The summed E-state index contributed by atoms with van der Waals surface area (Å²) in [4.78, 5) is 2.52. The van der Waals surface area contributed by atoms with Gasteiger partial charge in [0.1, 0.15) is 5.75 Å². The van der Waals surface area contributed by atoms with E-state index in [-0.39, 0.29) is 0 Å². The first kappa shape index (κ1) is 13.5. The number of methoxy groups -OCH3 is 1. The molecule has 0 unspecified atom stereocenters. The summed E-state index contributed by atoms with van der Waals surface area (Å²) in [5.41, 5.74) is 9.51. The number of rotatable bonds is 6. The van der Waals surface area contributed by atoms with E-state index in [9.17, 15) is 0 Å². The van der Waals surface area contributed by atoms with Gasteiger partial charge >= 0.3 is 0 Å². The minimum atomic E-state index is 0.709. The van der Waals surface area contributed by atoms with Crippen molar-refractivity contribution in [3.05, 3.63) is 46.2 Å². The van der Waals surface area contributed by atoms with Crippen LogP contribution >= 0.6 is 11.3 Å². The van der Waals surface area contributed by atoms with Crippen LogP contribution in [0.3, 0.4) is 0 Å². The summed E-state index contributed by atoms with van der Waals surface area (Å²) in [6.45, 7) is 1.90. The van der Waals surface area contributed by atoms with Crippen LogP contribution < -0.4 is 10.5 Å². The molecule has 1 aliphatic carbocycles. The quantitative estimate of drug-likeness (QED) is 0.827. The normalized spacial score (nSPS) is 14.7. The first-order valence-electron chi connectivity index (χ1n) is 6.94. The van der Waals surface area contributed by atoms with Gasteiger partial charge in [-0.15, -0.1) is 0 Å². The number of nitrogen functional groups attached to an aromatic ring is 1. The maximum Gasteiger partial charge on any atom is 0.119 e. The van der Waals surface area contributed by atoms with E-state index in [1.165, 1.54) is 18.4 Å². The van der Waals surface area contributed by atoms with Crippen molar-refractivity contribution in [1.82, 2.24) is 4.90 Å². The van der Waals surface area contributed by atoms with Gasteiger partial charge < -0.3 is 10.5 Å². The fourth-order valence-electron chi connectivity index (χ4n) is 2.44. The van der Waals surface area contributed by atoms with Crippen LogP contribution in [0.25, 0.3) is 0 Å². The lowest BCUT2D eigenvalue weighted by Gasteiger charge is -2.22. The molecular weight excluding hydrogens is 268 g/mol. The second-order valence-electron chi connectivity index (χ2n) is 5.33. The molecule has 0 bridgehead atoms. The van der Waals surface area contributed by atoms with E-state index in [2.05, 4.69) is 27.8 Å². The zero-order chi connectivity index (χ0) is 13.9. The molecule has 1 saturated carbocycles. The van der Waals surface area contributed by atoms with Gasteiger partial charge in [-0.25, -0.2) is 0 Å². The standard InChI is InChI=1S/C16H20N2OS/c1-19-15-4-5-16(17)13(8-15)10-18(14-2-3-14)9-12-6-7-20-11-12/h4-8,11,14H,2-3,9-10,17H2,1H3. The SMILES string of the molecule is COc1ccc(N)c(CN(Cc2ccsc2)C2CC2)c1. The van der Waals surface area contributed by atoms with E-state index in [0.29, 0.717) is 6.04 Å². The Kier molecular flexibility index (Phi) is 3.94. The average Bonchev–Trinajstić information content (AvgIpc) is 3.18. The number of anilines is 1. The molecule has 3 nitrogen and oxygen atoms in total. The summed E-state index contributed by atoms with van der Waals surface area (Å²) in [6, 6.07) is 8.82. The van der Waals surface area contributed by atoms with Gasteiger partial charge in [-0.1, -0.05) is 0 Å². The van der Waals surface area contributed by atoms with Crippen LogP contribution in [0, 0.1) is 0 Å². The second-order valence-corrected chi connectivity index (χ2v) is 6.11. The molecule has 2 aromatic rings. The van der Waals surface area contributed by atoms with E-state index in [0.717, 1.165) is 30.1 Å².